The molecule has 1 fully saturated rings. The van der Waals surface area contributed by atoms with Crippen LogP contribution in [0.25, 0.3) is 0 Å². The van der Waals surface area contributed by atoms with E-state index in [4.69, 9.17) is 16.3 Å². The van der Waals surface area contributed by atoms with Crippen LogP contribution in [0.1, 0.15) is 25.5 Å². The predicted octanol–water partition coefficient (Wildman–Crippen LogP) is 1.57. The maximum atomic E-state index is 5.97. The highest BCUT2D eigenvalue weighted by Crippen LogP contribution is 2.29. The molecule has 5 heteroatoms. The molecule has 0 aromatic carbocycles. The van der Waals surface area contributed by atoms with Crippen molar-refractivity contribution in [3.63, 3.8) is 0 Å². The van der Waals surface area contributed by atoms with Crippen LogP contribution >= 0.6 is 11.6 Å². The van der Waals surface area contributed by atoms with Crippen LogP contribution in [-0.4, -0.2) is 28.9 Å². The lowest BCUT2D eigenvalue weighted by molar-refractivity contribution is -0.0959. The second-order valence-electron chi connectivity index (χ2n) is 4.27. The largest absolute Gasteiger partial charge is 0.365 e. The van der Waals surface area contributed by atoms with Gasteiger partial charge in [-0.3, -0.25) is 0 Å². The summed E-state index contributed by atoms with van der Waals surface area (Å²) in [5.41, 5.74) is 0.724. The smallest absolute Gasteiger partial charge is 0.157 e. The Morgan fingerprint density at radius 1 is 1.60 bits per heavy atom. The zero-order chi connectivity index (χ0) is 10.9. The van der Waals surface area contributed by atoms with Crippen LogP contribution in [0.5, 0.6) is 0 Å². The van der Waals surface area contributed by atoms with Crippen molar-refractivity contribution in [3.05, 3.63) is 23.0 Å². The van der Waals surface area contributed by atoms with E-state index in [1.807, 2.05) is 6.07 Å². The van der Waals surface area contributed by atoms with Gasteiger partial charge in [0.05, 0.1) is 17.9 Å². The van der Waals surface area contributed by atoms with E-state index in [1.54, 1.807) is 6.20 Å². The third kappa shape index (κ3) is 2.45. The summed E-state index contributed by atoms with van der Waals surface area (Å²) >= 11 is 5.97. The Hall–Kier alpha value is -0.710. The maximum Gasteiger partial charge on any atom is 0.157 e. The van der Waals surface area contributed by atoms with Crippen LogP contribution in [0.3, 0.4) is 0 Å². The van der Waals surface area contributed by atoms with Crippen LogP contribution in [-0.2, 0) is 4.74 Å². The molecule has 1 aliphatic rings. The second-order valence-corrected chi connectivity index (χ2v) is 4.63. The molecule has 1 aliphatic heterocycles. The second kappa shape index (κ2) is 4.04. The summed E-state index contributed by atoms with van der Waals surface area (Å²) < 4.78 is 5.93. The van der Waals surface area contributed by atoms with Crippen molar-refractivity contribution >= 4 is 11.6 Å². The Kier molecular flexibility index (Phi) is 2.91. The van der Waals surface area contributed by atoms with E-state index in [0.29, 0.717) is 5.15 Å². The summed E-state index contributed by atoms with van der Waals surface area (Å²) in [6.45, 7) is 5.71. The lowest BCUT2D eigenvalue weighted by atomic mass is 10.0. The Morgan fingerprint density at radius 2 is 2.40 bits per heavy atom. The van der Waals surface area contributed by atoms with Gasteiger partial charge in [-0.05, 0) is 19.9 Å². The standard InChI is InChI=1S/C10H14ClN3O/c1-10(2)6-12-5-8(15-10)7-3-4-13-14-9(7)11/h3-4,8,12H,5-6H2,1-2H3. The number of morpholine rings is 1. The number of hydrogen-bond acceptors (Lipinski definition) is 4. The Labute approximate surface area is 94.0 Å². The summed E-state index contributed by atoms with van der Waals surface area (Å²) in [5.74, 6) is 0. The number of rotatable bonds is 1. The van der Waals surface area contributed by atoms with Crippen molar-refractivity contribution in [1.29, 1.82) is 0 Å². The molecule has 1 aromatic rings. The van der Waals surface area contributed by atoms with Gasteiger partial charge in [-0.15, -0.1) is 5.10 Å². The van der Waals surface area contributed by atoms with E-state index in [0.717, 1.165) is 18.7 Å². The zero-order valence-electron chi connectivity index (χ0n) is 8.83. The number of nitrogens with zero attached hydrogens (tertiary/aromatic N) is 2. The monoisotopic (exact) mass is 227 g/mol. The number of ether oxygens (including phenoxy) is 1. The van der Waals surface area contributed by atoms with Gasteiger partial charge < -0.3 is 10.1 Å². The van der Waals surface area contributed by atoms with E-state index in [2.05, 4.69) is 29.4 Å². The Balaban J connectivity index is 2.21. The summed E-state index contributed by atoms with van der Waals surface area (Å²) in [6, 6.07) is 1.85. The fraction of sp³-hybridized carbons (Fsp3) is 0.600. The third-order valence-corrected chi connectivity index (χ3v) is 2.69. The van der Waals surface area contributed by atoms with Crippen molar-refractivity contribution in [2.24, 2.45) is 0 Å². The van der Waals surface area contributed by atoms with Gasteiger partial charge >= 0.3 is 0 Å². The first kappa shape index (κ1) is 10.8. The van der Waals surface area contributed by atoms with Gasteiger partial charge in [0.2, 0.25) is 0 Å². The molecule has 0 saturated carbocycles. The van der Waals surface area contributed by atoms with Gasteiger partial charge in [0.15, 0.2) is 5.15 Å². The summed E-state index contributed by atoms with van der Waals surface area (Å²) in [7, 11) is 0. The van der Waals surface area contributed by atoms with Gasteiger partial charge in [0, 0.05) is 18.7 Å². The normalized spacial score (nSPS) is 25.1. The minimum Gasteiger partial charge on any atom is -0.365 e. The molecule has 2 heterocycles. The molecule has 1 N–H and O–H groups in total. The minimum absolute atomic E-state index is 0.0447. The zero-order valence-corrected chi connectivity index (χ0v) is 9.58. The lowest BCUT2D eigenvalue weighted by Gasteiger charge is -2.36. The van der Waals surface area contributed by atoms with E-state index in [-0.39, 0.29) is 11.7 Å². The quantitative estimate of drug-likeness (QED) is 0.791. The van der Waals surface area contributed by atoms with Crippen molar-refractivity contribution < 1.29 is 4.74 Å². The van der Waals surface area contributed by atoms with Gasteiger partial charge in [-0.25, -0.2) is 0 Å². The fourth-order valence-electron chi connectivity index (χ4n) is 1.71. The molecule has 1 saturated heterocycles. The molecule has 82 valence electrons. The number of aromatic nitrogens is 2. The first-order valence-corrected chi connectivity index (χ1v) is 5.32. The highest BCUT2D eigenvalue weighted by molar-refractivity contribution is 6.30. The van der Waals surface area contributed by atoms with Crippen LogP contribution in [0.4, 0.5) is 0 Å². The Morgan fingerprint density at radius 3 is 3.07 bits per heavy atom. The lowest BCUT2D eigenvalue weighted by Crippen LogP contribution is -2.46. The van der Waals surface area contributed by atoms with Gasteiger partial charge in [0.1, 0.15) is 0 Å². The minimum atomic E-state index is -0.171. The van der Waals surface area contributed by atoms with Crippen LogP contribution in [0.15, 0.2) is 12.3 Å². The molecular weight excluding hydrogens is 214 g/mol. The molecule has 1 atom stereocenters. The molecule has 0 radical (unpaired) electrons. The molecule has 2 rings (SSSR count). The van der Waals surface area contributed by atoms with Gasteiger partial charge in [-0.2, -0.15) is 5.10 Å². The third-order valence-electron chi connectivity index (χ3n) is 2.39. The van der Waals surface area contributed by atoms with E-state index in [1.165, 1.54) is 0 Å². The average molecular weight is 228 g/mol. The summed E-state index contributed by atoms with van der Waals surface area (Å²) in [5, 5.41) is 11.3. The van der Waals surface area contributed by atoms with Crippen LogP contribution in [0, 0.1) is 0 Å². The number of hydrogen-bond donors (Lipinski definition) is 1. The number of nitrogens with one attached hydrogen (secondary N) is 1. The highest BCUT2D eigenvalue weighted by atomic mass is 35.5. The molecule has 1 aromatic heterocycles. The highest BCUT2D eigenvalue weighted by Gasteiger charge is 2.30. The molecule has 0 amide bonds. The summed E-state index contributed by atoms with van der Waals surface area (Å²) in [6.07, 6.45) is 1.59. The molecule has 15 heavy (non-hydrogen) atoms. The molecule has 1 unspecified atom stereocenters. The molecular formula is C10H14ClN3O. The van der Waals surface area contributed by atoms with Crippen LogP contribution < -0.4 is 5.32 Å². The van der Waals surface area contributed by atoms with E-state index < -0.39 is 0 Å². The molecule has 0 bridgehead atoms. The van der Waals surface area contributed by atoms with Crippen LogP contribution in [0.2, 0.25) is 5.15 Å². The van der Waals surface area contributed by atoms with Crippen molar-refractivity contribution in [2.75, 3.05) is 13.1 Å². The molecule has 0 aliphatic carbocycles. The molecule has 4 nitrogen and oxygen atoms in total. The topological polar surface area (TPSA) is 47.0 Å². The summed E-state index contributed by atoms with van der Waals surface area (Å²) in [4.78, 5) is 0. The van der Waals surface area contributed by atoms with Crippen molar-refractivity contribution in [1.82, 2.24) is 15.5 Å². The number of halogens is 1. The van der Waals surface area contributed by atoms with Gasteiger partial charge in [-0.1, -0.05) is 11.6 Å². The first-order valence-electron chi connectivity index (χ1n) is 4.94. The SMILES string of the molecule is CC1(C)CNCC(c2ccnnc2Cl)O1. The Bertz CT molecular complexity index is 356. The van der Waals surface area contributed by atoms with Crippen molar-refractivity contribution in [3.8, 4) is 0 Å². The molecule has 0 spiro atoms. The average Bonchev–Trinajstić information content (AvgIpc) is 2.17. The first-order chi connectivity index (χ1) is 7.08. The maximum absolute atomic E-state index is 5.97. The van der Waals surface area contributed by atoms with E-state index in [9.17, 15) is 0 Å². The van der Waals surface area contributed by atoms with E-state index >= 15 is 0 Å². The predicted molar refractivity (Wildman–Crippen MR) is 57.8 cm³/mol. The fourth-order valence-corrected chi connectivity index (χ4v) is 1.94. The van der Waals surface area contributed by atoms with Crippen molar-refractivity contribution in [2.45, 2.75) is 25.6 Å². The van der Waals surface area contributed by atoms with Gasteiger partial charge in [0.25, 0.3) is 0 Å².